The van der Waals surface area contributed by atoms with Gasteiger partial charge < -0.3 is 19.5 Å². The van der Waals surface area contributed by atoms with Gasteiger partial charge in [-0.25, -0.2) is 4.98 Å². The molecular formula is C20H23N5O3. The van der Waals surface area contributed by atoms with Crippen LogP contribution >= 0.6 is 0 Å². The van der Waals surface area contributed by atoms with Gasteiger partial charge in [-0.3, -0.25) is 14.6 Å². The molecule has 2 saturated heterocycles. The second-order valence-corrected chi connectivity index (χ2v) is 7.77. The number of morpholine rings is 1. The number of hydrogen-bond acceptors (Lipinski definition) is 6. The third-order valence-electron chi connectivity index (χ3n) is 5.91. The quantitative estimate of drug-likeness (QED) is 0.814. The minimum absolute atomic E-state index is 0.00388. The van der Waals surface area contributed by atoms with E-state index in [0.717, 1.165) is 37.3 Å². The maximum atomic E-state index is 12.8. The average Bonchev–Trinajstić information content (AvgIpc) is 2.75. The minimum Gasteiger partial charge on any atom is -0.378 e. The Morgan fingerprint density at radius 2 is 2.04 bits per heavy atom. The van der Waals surface area contributed by atoms with Gasteiger partial charge in [0.15, 0.2) is 0 Å². The van der Waals surface area contributed by atoms with Crippen LogP contribution in [-0.2, 0) is 11.3 Å². The molecule has 0 aliphatic carbocycles. The van der Waals surface area contributed by atoms with Gasteiger partial charge >= 0.3 is 0 Å². The number of carbonyl (C=O) groups is 1. The number of nitrogens with one attached hydrogen (secondary N) is 1. The maximum absolute atomic E-state index is 12.8. The van der Waals surface area contributed by atoms with Gasteiger partial charge in [-0.2, -0.15) is 0 Å². The van der Waals surface area contributed by atoms with Crippen LogP contribution in [0.3, 0.4) is 0 Å². The molecule has 8 heteroatoms. The molecular weight excluding hydrogens is 358 g/mol. The van der Waals surface area contributed by atoms with Crippen LogP contribution in [0.1, 0.15) is 28.5 Å². The Labute approximate surface area is 162 Å². The maximum Gasteiger partial charge on any atom is 0.274 e. The van der Waals surface area contributed by atoms with Crippen molar-refractivity contribution in [1.29, 1.82) is 0 Å². The summed E-state index contributed by atoms with van der Waals surface area (Å²) in [6, 6.07) is 3.66. The van der Waals surface area contributed by atoms with Crippen molar-refractivity contribution in [2.24, 2.45) is 5.92 Å². The molecule has 0 unspecified atom stereocenters. The number of piperidine rings is 1. The monoisotopic (exact) mass is 381 g/mol. The summed E-state index contributed by atoms with van der Waals surface area (Å²) in [6.07, 6.45) is 4.21. The van der Waals surface area contributed by atoms with E-state index in [1.54, 1.807) is 17.2 Å². The van der Waals surface area contributed by atoms with E-state index < -0.39 is 0 Å². The summed E-state index contributed by atoms with van der Waals surface area (Å²) in [5.74, 6) is 0.710. The van der Waals surface area contributed by atoms with Crippen molar-refractivity contribution in [3.8, 4) is 11.3 Å². The van der Waals surface area contributed by atoms with Crippen LogP contribution in [-0.4, -0.2) is 64.7 Å². The zero-order valence-electron chi connectivity index (χ0n) is 15.6. The van der Waals surface area contributed by atoms with Gasteiger partial charge in [0.2, 0.25) is 0 Å². The highest BCUT2D eigenvalue weighted by molar-refractivity contribution is 5.92. The first-order valence-electron chi connectivity index (χ1n) is 9.84. The molecule has 0 radical (unpaired) electrons. The van der Waals surface area contributed by atoms with Crippen molar-refractivity contribution in [3.63, 3.8) is 0 Å². The predicted octanol–water partition coefficient (Wildman–Crippen LogP) is 0.484. The lowest BCUT2D eigenvalue weighted by Crippen LogP contribution is -2.44. The molecule has 5 heterocycles. The summed E-state index contributed by atoms with van der Waals surface area (Å²) < 4.78 is 7.21. The Balaban J connectivity index is 1.49. The third kappa shape index (κ3) is 3.12. The molecule has 146 valence electrons. The van der Waals surface area contributed by atoms with E-state index in [1.807, 2.05) is 10.6 Å². The number of ether oxygens (including phenoxy) is 1. The van der Waals surface area contributed by atoms with Gasteiger partial charge in [-0.05, 0) is 24.9 Å². The fraction of sp³-hybridized carbons (Fsp3) is 0.500. The molecule has 2 fully saturated rings. The largest absolute Gasteiger partial charge is 0.378 e. The van der Waals surface area contributed by atoms with E-state index in [4.69, 9.17) is 4.74 Å². The van der Waals surface area contributed by atoms with Crippen molar-refractivity contribution >= 4 is 5.91 Å². The number of rotatable bonds is 2. The van der Waals surface area contributed by atoms with Crippen LogP contribution in [0, 0.1) is 5.92 Å². The summed E-state index contributed by atoms with van der Waals surface area (Å²) in [4.78, 5) is 36.0. The van der Waals surface area contributed by atoms with E-state index in [-0.39, 0.29) is 11.5 Å². The normalized spacial score (nSPS) is 23.9. The third-order valence-corrected chi connectivity index (χ3v) is 5.91. The molecule has 2 aromatic rings. The zero-order chi connectivity index (χ0) is 19.1. The van der Waals surface area contributed by atoms with Crippen LogP contribution in [0.4, 0.5) is 0 Å². The smallest absolute Gasteiger partial charge is 0.274 e. The molecule has 2 bridgehead atoms. The standard InChI is InChI=1S/C20H23N5O3/c26-19-7-14(6-18-15-5-13(8-21-9-15)12-25(18)19)16-10-22-11-17(23-16)20(27)24-1-3-28-4-2-24/h6-7,10-11,13,15,21H,1-5,8-9,12H2/t13-,15+/m0/s1. The number of fused-ring (bicyclic) bond motifs is 4. The number of hydrogen-bond donors (Lipinski definition) is 1. The second kappa shape index (κ2) is 7.10. The van der Waals surface area contributed by atoms with Crippen LogP contribution in [0.2, 0.25) is 0 Å². The zero-order valence-corrected chi connectivity index (χ0v) is 15.6. The van der Waals surface area contributed by atoms with Crippen LogP contribution in [0.5, 0.6) is 0 Å². The topological polar surface area (TPSA) is 89.3 Å². The molecule has 28 heavy (non-hydrogen) atoms. The van der Waals surface area contributed by atoms with Crippen LogP contribution < -0.4 is 10.9 Å². The van der Waals surface area contributed by atoms with E-state index in [0.29, 0.717) is 49.5 Å². The van der Waals surface area contributed by atoms with Crippen LogP contribution in [0.15, 0.2) is 29.3 Å². The summed E-state index contributed by atoms with van der Waals surface area (Å²) in [5, 5.41) is 3.46. The average molecular weight is 381 g/mol. The first-order valence-corrected chi connectivity index (χ1v) is 9.84. The fourth-order valence-electron chi connectivity index (χ4n) is 4.49. The van der Waals surface area contributed by atoms with Gasteiger partial charge in [0, 0.05) is 49.4 Å². The van der Waals surface area contributed by atoms with E-state index in [9.17, 15) is 9.59 Å². The fourth-order valence-corrected chi connectivity index (χ4v) is 4.49. The van der Waals surface area contributed by atoms with Gasteiger partial charge in [0.1, 0.15) is 5.69 Å². The molecule has 3 aliphatic heterocycles. The molecule has 0 spiro atoms. The molecule has 8 nitrogen and oxygen atoms in total. The van der Waals surface area contributed by atoms with Gasteiger partial charge in [0.25, 0.3) is 11.5 Å². The molecule has 2 atom stereocenters. The highest BCUT2D eigenvalue weighted by Crippen LogP contribution is 2.33. The Bertz CT molecular complexity index is 967. The Hall–Kier alpha value is -2.58. The second-order valence-electron chi connectivity index (χ2n) is 7.77. The summed E-state index contributed by atoms with van der Waals surface area (Å²) in [5.41, 5.74) is 2.64. The lowest BCUT2D eigenvalue weighted by Gasteiger charge is -2.37. The summed E-state index contributed by atoms with van der Waals surface area (Å²) in [6.45, 7) is 4.82. The number of carbonyl (C=O) groups excluding carboxylic acids is 1. The Morgan fingerprint density at radius 1 is 1.18 bits per heavy atom. The molecule has 1 N–H and O–H groups in total. The van der Waals surface area contributed by atoms with Gasteiger partial charge in [0.05, 0.1) is 31.3 Å². The summed E-state index contributed by atoms with van der Waals surface area (Å²) >= 11 is 0. The lowest BCUT2D eigenvalue weighted by atomic mass is 9.83. The van der Waals surface area contributed by atoms with Crippen molar-refractivity contribution < 1.29 is 9.53 Å². The molecule has 3 aliphatic rings. The highest BCUT2D eigenvalue weighted by atomic mass is 16.5. The number of nitrogens with zero attached hydrogens (tertiary/aromatic N) is 4. The van der Waals surface area contributed by atoms with Crippen molar-refractivity contribution in [3.05, 3.63) is 46.3 Å². The summed E-state index contributed by atoms with van der Waals surface area (Å²) in [7, 11) is 0. The Kier molecular flexibility index (Phi) is 4.44. The molecule has 1 amide bonds. The number of aromatic nitrogens is 3. The highest BCUT2D eigenvalue weighted by Gasteiger charge is 2.31. The minimum atomic E-state index is -0.147. The van der Waals surface area contributed by atoms with E-state index in [1.165, 1.54) is 6.20 Å². The van der Waals surface area contributed by atoms with Crippen LogP contribution in [0.25, 0.3) is 11.3 Å². The molecule has 0 aromatic carbocycles. The molecule has 2 aromatic heterocycles. The molecule has 5 rings (SSSR count). The van der Waals surface area contributed by atoms with Gasteiger partial charge in [-0.1, -0.05) is 0 Å². The predicted molar refractivity (Wildman–Crippen MR) is 102 cm³/mol. The Morgan fingerprint density at radius 3 is 2.89 bits per heavy atom. The lowest BCUT2D eigenvalue weighted by molar-refractivity contribution is 0.0299. The first kappa shape index (κ1) is 17.5. The van der Waals surface area contributed by atoms with Crippen molar-refractivity contribution in [2.75, 3.05) is 39.4 Å². The SMILES string of the molecule is O=C(c1cncc(-c2cc3n(c(=O)c2)C[C@@H]2CNC[C@H]3C2)n1)N1CCOCC1. The van der Waals surface area contributed by atoms with E-state index >= 15 is 0 Å². The number of pyridine rings is 1. The van der Waals surface area contributed by atoms with Gasteiger partial charge in [-0.15, -0.1) is 0 Å². The first-order chi connectivity index (χ1) is 13.7. The van der Waals surface area contributed by atoms with E-state index in [2.05, 4.69) is 15.3 Å². The van der Waals surface area contributed by atoms with Crippen molar-refractivity contribution in [2.45, 2.75) is 18.9 Å². The number of amides is 1. The molecule has 0 saturated carbocycles. The van der Waals surface area contributed by atoms with Crippen molar-refractivity contribution in [1.82, 2.24) is 24.8 Å².